The fourth-order valence-electron chi connectivity index (χ4n) is 2.59. The van der Waals surface area contributed by atoms with Crippen LogP contribution in [0.25, 0.3) is 0 Å². The molecule has 0 unspecified atom stereocenters. The molecular formula is C14H20N2O2. The van der Waals surface area contributed by atoms with E-state index in [1.54, 1.807) is 0 Å². The number of anilines is 1. The summed E-state index contributed by atoms with van der Waals surface area (Å²) in [4.78, 5) is 13.7. The van der Waals surface area contributed by atoms with Gasteiger partial charge in [0, 0.05) is 18.8 Å². The van der Waals surface area contributed by atoms with Crippen LogP contribution in [-0.4, -0.2) is 36.2 Å². The number of benzene rings is 1. The standard InChI is InChI=1S/C14H20N2O2/c1-2-15-14(13(17)18)8-10-16(11-9-14)12-6-4-3-5-7-12/h3-7,15H,2,8-11H2,1H3,(H,17,18). The summed E-state index contributed by atoms with van der Waals surface area (Å²) in [6.45, 7) is 4.21. The second kappa shape index (κ2) is 5.40. The molecule has 0 aliphatic carbocycles. The van der Waals surface area contributed by atoms with Gasteiger partial charge in [0.25, 0.3) is 0 Å². The van der Waals surface area contributed by atoms with Crippen molar-refractivity contribution in [2.24, 2.45) is 0 Å². The van der Waals surface area contributed by atoms with E-state index in [0.717, 1.165) is 13.1 Å². The number of nitrogens with one attached hydrogen (secondary N) is 1. The molecule has 0 saturated carbocycles. The van der Waals surface area contributed by atoms with Gasteiger partial charge in [-0.2, -0.15) is 0 Å². The predicted molar refractivity (Wildman–Crippen MR) is 71.9 cm³/mol. The summed E-state index contributed by atoms with van der Waals surface area (Å²) < 4.78 is 0. The van der Waals surface area contributed by atoms with Crippen LogP contribution in [0.4, 0.5) is 5.69 Å². The Hall–Kier alpha value is -1.55. The van der Waals surface area contributed by atoms with Gasteiger partial charge in [-0.25, -0.2) is 0 Å². The zero-order valence-corrected chi connectivity index (χ0v) is 10.7. The second-order valence-corrected chi connectivity index (χ2v) is 4.74. The lowest BCUT2D eigenvalue weighted by atomic mass is 9.87. The summed E-state index contributed by atoms with van der Waals surface area (Å²) in [6.07, 6.45) is 1.29. The monoisotopic (exact) mass is 248 g/mol. The van der Waals surface area contributed by atoms with Crippen LogP contribution in [0.2, 0.25) is 0 Å². The van der Waals surface area contributed by atoms with Crippen molar-refractivity contribution in [3.8, 4) is 0 Å². The summed E-state index contributed by atoms with van der Waals surface area (Å²) in [6, 6.07) is 10.2. The largest absolute Gasteiger partial charge is 0.480 e. The quantitative estimate of drug-likeness (QED) is 0.852. The van der Waals surface area contributed by atoms with Crippen molar-refractivity contribution in [1.82, 2.24) is 5.32 Å². The number of hydrogen-bond acceptors (Lipinski definition) is 3. The van der Waals surface area contributed by atoms with Gasteiger partial charge in [-0.05, 0) is 31.5 Å². The number of carboxylic acid groups (broad SMARTS) is 1. The van der Waals surface area contributed by atoms with Crippen molar-refractivity contribution in [3.05, 3.63) is 30.3 Å². The van der Waals surface area contributed by atoms with E-state index in [1.807, 2.05) is 25.1 Å². The first-order chi connectivity index (χ1) is 8.68. The van der Waals surface area contributed by atoms with Gasteiger partial charge in [0.1, 0.15) is 5.54 Å². The van der Waals surface area contributed by atoms with E-state index in [1.165, 1.54) is 5.69 Å². The van der Waals surface area contributed by atoms with Crippen LogP contribution < -0.4 is 10.2 Å². The third kappa shape index (κ3) is 2.48. The Labute approximate surface area is 108 Å². The molecule has 1 heterocycles. The van der Waals surface area contributed by atoms with E-state index in [0.29, 0.717) is 19.4 Å². The molecule has 4 nitrogen and oxygen atoms in total. The molecule has 0 radical (unpaired) electrons. The number of carboxylic acids is 1. The lowest BCUT2D eigenvalue weighted by Gasteiger charge is -2.40. The first-order valence-electron chi connectivity index (χ1n) is 6.46. The van der Waals surface area contributed by atoms with Crippen LogP contribution in [0.15, 0.2) is 30.3 Å². The van der Waals surface area contributed by atoms with Gasteiger partial charge < -0.3 is 15.3 Å². The maximum absolute atomic E-state index is 11.4. The fraction of sp³-hybridized carbons (Fsp3) is 0.500. The number of para-hydroxylation sites is 1. The highest BCUT2D eigenvalue weighted by atomic mass is 16.4. The zero-order valence-electron chi connectivity index (χ0n) is 10.7. The normalized spacial score (nSPS) is 18.6. The van der Waals surface area contributed by atoms with Crippen molar-refractivity contribution < 1.29 is 9.90 Å². The van der Waals surface area contributed by atoms with Crippen molar-refractivity contribution in [2.75, 3.05) is 24.5 Å². The topological polar surface area (TPSA) is 52.6 Å². The average Bonchev–Trinajstić information content (AvgIpc) is 2.41. The third-order valence-electron chi connectivity index (χ3n) is 3.66. The molecule has 0 spiro atoms. The summed E-state index contributed by atoms with van der Waals surface area (Å²) in [5, 5.41) is 12.5. The average molecular weight is 248 g/mol. The van der Waals surface area contributed by atoms with E-state index < -0.39 is 11.5 Å². The van der Waals surface area contributed by atoms with Crippen LogP contribution in [0.5, 0.6) is 0 Å². The summed E-state index contributed by atoms with van der Waals surface area (Å²) in [5.74, 6) is -0.725. The first-order valence-corrected chi connectivity index (χ1v) is 6.46. The third-order valence-corrected chi connectivity index (χ3v) is 3.66. The Morgan fingerprint density at radius 1 is 1.33 bits per heavy atom. The molecule has 1 saturated heterocycles. The Bertz CT molecular complexity index is 398. The number of piperidine rings is 1. The van der Waals surface area contributed by atoms with Gasteiger partial charge in [-0.3, -0.25) is 4.79 Å². The molecule has 98 valence electrons. The molecule has 0 bridgehead atoms. The second-order valence-electron chi connectivity index (χ2n) is 4.74. The van der Waals surface area contributed by atoms with E-state index >= 15 is 0 Å². The Kier molecular flexibility index (Phi) is 3.87. The smallest absolute Gasteiger partial charge is 0.324 e. The molecule has 1 aliphatic heterocycles. The Balaban J connectivity index is 2.05. The predicted octanol–water partition coefficient (Wildman–Crippen LogP) is 1.72. The van der Waals surface area contributed by atoms with E-state index in [-0.39, 0.29) is 0 Å². The minimum absolute atomic E-state index is 0.644. The minimum atomic E-state index is -0.736. The molecule has 0 amide bonds. The SMILES string of the molecule is CCNC1(C(=O)O)CCN(c2ccccc2)CC1. The van der Waals surface area contributed by atoms with Crippen LogP contribution in [0, 0.1) is 0 Å². The highest BCUT2D eigenvalue weighted by Crippen LogP contribution is 2.26. The summed E-state index contributed by atoms with van der Waals surface area (Å²) in [5.41, 5.74) is 0.438. The highest BCUT2D eigenvalue weighted by molar-refractivity contribution is 5.79. The van der Waals surface area contributed by atoms with Crippen molar-refractivity contribution in [3.63, 3.8) is 0 Å². The molecule has 2 N–H and O–H groups in total. The van der Waals surface area contributed by atoms with Crippen LogP contribution in [-0.2, 0) is 4.79 Å². The Morgan fingerprint density at radius 3 is 2.44 bits per heavy atom. The van der Waals surface area contributed by atoms with Gasteiger partial charge in [0.2, 0.25) is 0 Å². The van der Waals surface area contributed by atoms with Crippen LogP contribution in [0.3, 0.4) is 0 Å². The maximum atomic E-state index is 11.4. The van der Waals surface area contributed by atoms with Crippen molar-refractivity contribution in [1.29, 1.82) is 0 Å². The van der Waals surface area contributed by atoms with Gasteiger partial charge in [-0.1, -0.05) is 25.1 Å². The molecule has 0 atom stereocenters. The summed E-state index contributed by atoms with van der Waals surface area (Å²) >= 11 is 0. The zero-order chi connectivity index (χ0) is 13.0. The fourth-order valence-corrected chi connectivity index (χ4v) is 2.59. The molecule has 4 heteroatoms. The van der Waals surface area contributed by atoms with Gasteiger partial charge >= 0.3 is 5.97 Å². The summed E-state index contributed by atoms with van der Waals surface area (Å²) in [7, 11) is 0. The van der Waals surface area contributed by atoms with Gasteiger partial charge in [-0.15, -0.1) is 0 Å². The highest BCUT2D eigenvalue weighted by Gasteiger charge is 2.40. The Morgan fingerprint density at radius 2 is 1.94 bits per heavy atom. The lowest BCUT2D eigenvalue weighted by Crippen LogP contribution is -2.58. The maximum Gasteiger partial charge on any atom is 0.324 e. The van der Waals surface area contributed by atoms with Crippen molar-refractivity contribution in [2.45, 2.75) is 25.3 Å². The van der Waals surface area contributed by atoms with E-state index in [2.05, 4.69) is 22.3 Å². The van der Waals surface area contributed by atoms with Gasteiger partial charge in [0.15, 0.2) is 0 Å². The van der Waals surface area contributed by atoms with Crippen molar-refractivity contribution >= 4 is 11.7 Å². The number of aliphatic carboxylic acids is 1. The molecule has 18 heavy (non-hydrogen) atoms. The molecule has 2 rings (SSSR count). The first kappa shape index (κ1) is 12.9. The molecule has 1 aromatic rings. The van der Waals surface area contributed by atoms with Gasteiger partial charge in [0.05, 0.1) is 0 Å². The molecule has 0 aromatic heterocycles. The number of likely N-dealkylation sites (N-methyl/N-ethyl adjacent to an activating group) is 1. The molecular weight excluding hydrogens is 228 g/mol. The van der Waals surface area contributed by atoms with E-state index in [4.69, 9.17) is 0 Å². The number of nitrogens with zero attached hydrogens (tertiary/aromatic N) is 1. The molecule has 1 aliphatic rings. The number of rotatable bonds is 4. The molecule has 1 aromatic carbocycles. The minimum Gasteiger partial charge on any atom is -0.480 e. The van der Waals surface area contributed by atoms with Crippen LogP contribution in [0.1, 0.15) is 19.8 Å². The molecule has 1 fully saturated rings. The number of hydrogen-bond donors (Lipinski definition) is 2. The van der Waals surface area contributed by atoms with Crippen LogP contribution >= 0.6 is 0 Å². The van der Waals surface area contributed by atoms with E-state index in [9.17, 15) is 9.90 Å². The number of carbonyl (C=O) groups is 1. The lowest BCUT2D eigenvalue weighted by molar-refractivity contribution is -0.145.